The Morgan fingerprint density at radius 1 is 1.19 bits per heavy atom. The van der Waals surface area contributed by atoms with E-state index in [4.69, 9.17) is 4.74 Å². The summed E-state index contributed by atoms with van der Waals surface area (Å²) in [6, 6.07) is 10.7. The summed E-state index contributed by atoms with van der Waals surface area (Å²) in [6.07, 6.45) is 7.70. The van der Waals surface area contributed by atoms with E-state index in [1.165, 1.54) is 0 Å². The maximum Gasteiger partial charge on any atom is 0.238 e. The molecule has 8 heteroatoms. The highest BCUT2D eigenvalue weighted by Crippen LogP contribution is 2.41. The number of carbonyl (C=O) groups excluding carboxylic acids is 1. The summed E-state index contributed by atoms with van der Waals surface area (Å²) in [5, 5.41) is 21.3. The molecule has 0 atom stereocenters. The Hall–Kier alpha value is -3.29. The summed E-state index contributed by atoms with van der Waals surface area (Å²) < 4.78 is 5.62. The number of rotatable bonds is 6. The fourth-order valence-corrected chi connectivity index (χ4v) is 3.53. The van der Waals surface area contributed by atoms with Gasteiger partial charge in [0.05, 0.1) is 17.3 Å². The maximum absolute atomic E-state index is 13.0. The smallest absolute Gasteiger partial charge is 0.238 e. The van der Waals surface area contributed by atoms with Gasteiger partial charge in [-0.1, -0.05) is 12.8 Å². The average Bonchev–Trinajstić information content (AvgIpc) is 3.37. The van der Waals surface area contributed by atoms with Crippen molar-refractivity contribution in [1.82, 2.24) is 25.6 Å². The van der Waals surface area contributed by atoms with E-state index >= 15 is 0 Å². The van der Waals surface area contributed by atoms with Gasteiger partial charge in [-0.2, -0.15) is 20.5 Å². The summed E-state index contributed by atoms with van der Waals surface area (Å²) in [5.74, 6) is 1.09. The third kappa shape index (κ3) is 3.94. The van der Waals surface area contributed by atoms with Crippen LogP contribution in [0, 0.1) is 5.41 Å². The van der Waals surface area contributed by atoms with Gasteiger partial charge in [0.25, 0.3) is 0 Å². The van der Waals surface area contributed by atoms with Crippen molar-refractivity contribution in [3.05, 3.63) is 54.5 Å². The molecule has 1 aliphatic rings. The lowest BCUT2D eigenvalue weighted by atomic mass is 9.80. The number of aromatic nitrogens is 5. The Bertz CT molecular complexity index is 874. The lowest BCUT2D eigenvalue weighted by molar-refractivity contribution is -0.125. The molecule has 1 aromatic carbocycles. The topological polar surface area (TPSA) is 106 Å². The van der Waals surface area contributed by atoms with Gasteiger partial charge in [-0.15, -0.1) is 5.10 Å². The Balaban J connectivity index is 1.43. The predicted octanol–water partition coefficient (Wildman–Crippen LogP) is 3.13. The fourth-order valence-electron chi connectivity index (χ4n) is 3.53. The Morgan fingerprint density at radius 3 is 2.67 bits per heavy atom. The second-order valence-electron chi connectivity index (χ2n) is 6.77. The van der Waals surface area contributed by atoms with Crippen LogP contribution in [0.3, 0.4) is 0 Å². The number of nitrogens with zero attached hydrogens (tertiary/aromatic N) is 4. The van der Waals surface area contributed by atoms with Crippen LogP contribution in [0.15, 0.2) is 48.8 Å². The number of anilines is 1. The van der Waals surface area contributed by atoms with E-state index in [0.29, 0.717) is 18.1 Å². The molecule has 0 bridgehead atoms. The number of amides is 1. The highest BCUT2D eigenvalue weighted by atomic mass is 16.5. The first-order valence-corrected chi connectivity index (χ1v) is 8.95. The minimum Gasteiger partial charge on any atom is -0.438 e. The van der Waals surface area contributed by atoms with Crippen molar-refractivity contribution >= 4 is 11.6 Å². The van der Waals surface area contributed by atoms with E-state index in [0.717, 1.165) is 37.1 Å². The maximum atomic E-state index is 13.0. The van der Waals surface area contributed by atoms with E-state index in [2.05, 4.69) is 30.9 Å². The minimum atomic E-state index is -0.425. The van der Waals surface area contributed by atoms with E-state index in [9.17, 15) is 4.79 Å². The van der Waals surface area contributed by atoms with Crippen molar-refractivity contribution in [2.75, 3.05) is 5.32 Å². The number of aromatic amines is 1. The SMILES string of the molecule is O=C(Nc1ccc(Oc2cccnn2)cc1)C1(Cc2cn[nH]n2)CCCC1. The number of hydrogen-bond acceptors (Lipinski definition) is 6. The van der Waals surface area contributed by atoms with Crippen molar-refractivity contribution < 1.29 is 9.53 Å². The molecule has 2 aromatic heterocycles. The molecule has 2 N–H and O–H groups in total. The highest BCUT2D eigenvalue weighted by molar-refractivity contribution is 5.95. The lowest BCUT2D eigenvalue weighted by Gasteiger charge is -2.26. The average molecular weight is 364 g/mol. The molecule has 0 saturated heterocycles. The first kappa shape index (κ1) is 17.1. The third-order valence-corrected chi connectivity index (χ3v) is 4.91. The Labute approximate surface area is 156 Å². The van der Waals surface area contributed by atoms with Gasteiger partial charge >= 0.3 is 0 Å². The largest absolute Gasteiger partial charge is 0.438 e. The van der Waals surface area contributed by atoms with Gasteiger partial charge in [0.1, 0.15) is 5.75 Å². The Morgan fingerprint density at radius 2 is 2.00 bits per heavy atom. The second-order valence-corrected chi connectivity index (χ2v) is 6.77. The number of benzene rings is 1. The molecular weight excluding hydrogens is 344 g/mol. The molecule has 3 aromatic rings. The first-order valence-electron chi connectivity index (χ1n) is 8.95. The van der Waals surface area contributed by atoms with Gasteiger partial charge < -0.3 is 10.1 Å². The van der Waals surface area contributed by atoms with Crippen LogP contribution in [-0.4, -0.2) is 31.5 Å². The van der Waals surface area contributed by atoms with Crippen molar-refractivity contribution in [2.24, 2.45) is 5.41 Å². The van der Waals surface area contributed by atoms with Crippen molar-refractivity contribution in [1.29, 1.82) is 0 Å². The van der Waals surface area contributed by atoms with E-state index in [1.807, 2.05) is 12.1 Å². The van der Waals surface area contributed by atoms with Crippen molar-refractivity contribution in [3.63, 3.8) is 0 Å². The van der Waals surface area contributed by atoms with Crippen LogP contribution in [0.1, 0.15) is 31.4 Å². The van der Waals surface area contributed by atoms with Crippen molar-refractivity contribution in [2.45, 2.75) is 32.1 Å². The summed E-state index contributed by atoms with van der Waals surface area (Å²) in [4.78, 5) is 13.0. The van der Waals surface area contributed by atoms with Gasteiger partial charge in [-0.3, -0.25) is 4.79 Å². The molecular formula is C19H20N6O2. The minimum absolute atomic E-state index is 0.0330. The number of nitrogens with one attached hydrogen (secondary N) is 2. The number of H-pyrrole nitrogens is 1. The van der Waals surface area contributed by atoms with Crippen LogP contribution in [0.4, 0.5) is 5.69 Å². The monoisotopic (exact) mass is 364 g/mol. The second kappa shape index (κ2) is 7.53. The van der Waals surface area contributed by atoms with Crippen molar-refractivity contribution in [3.8, 4) is 11.6 Å². The van der Waals surface area contributed by atoms with Gasteiger partial charge in [0, 0.05) is 24.4 Å². The number of hydrogen-bond donors (Lipinski definition) is 2. The molecule has 1 amide bonds. The lowest BCUT2D eigenvalue weighted by Crippen LogP contribution is -2.36. The molecule has 0 aliphatic heterocycles. The molecule has 8 nitrogen and oxygen atoms in total. The Kier molecular flexibility index (Phi) is 4.78. The van der Waals surface area contributed by atoms with Gasteiger partial charge in [0.15, 0.2) is 0 Å². The normalized spacial score (nSPS) is 15.4. The van der Waals surface area contributed by atoms with Crippen LogP contribution in [0.25, 0.3) is 0 Å². The highest BCUT2D eigenvalue weighted by Gasteiger charge is 2.41. The molecule has 2 heterocycles. The standard InChI is InChI=1S/C19H20N6O2/c26-18(19(9-1-2-10-19)12-15-13-21-25-23-15)22-14-5-7-16(8-6-14)27-17-4-3-11-20-24-17/h3-8,11,13H,1-2,9-10,12H2,(H,22,26)(H,21,23,25). The quantitative estimate of drug-likeness (QED) is 0.696. The third-order valence-electron chi connectivity index (χ3n) is 4.91. The number of carbonyl (C=O) groups is 1. The van der Waals surface area contributed by atoms with Gasteiger partial charge in [0.2, 0.25) is 11.8 Å². The fraction of sp³-hybridized carbons (Fsp3) is 0.316. The van der Waals surface area contributed by atoms with Crippen LogP contribution in [0.5, 0.6) is 11.6 Å². The molecule has 27 heavy (non-hydrogen) atoms. The van der Waals surface area contributed by atoms with E-state index in [-0.39, 0.29) is 5.91 Å². The first-order chi connectivity index (χ1) is 13.2. The van der Waals surface area contributed by atoms with Gasteiger partial charge in [-0.05, 0) is 43.2 Å². The van der Waals surface area contributed by atoms with Crippen LogP contribution >= 0.6 is 0 Å². The molecule has 0 radical (unpaired) electrons. The van der Waals surface area contributed by atoms with Crippen LogP contribution in [0.2, 0.25) is 0 Å². The summed E-state index contributed by atoms with van der Waals surface area (Å²) >= 11 is 0. The summed E-state index contributed by atoms with van der Waals surface area (Å²) in [7, 11) is 0. The molecule has 138 valence electrons. The molecule has 1 aliphatic carbocycles. The summed E-state index contributed by atoms with van der Waals surface area (Å²) in [6.45, 7) is 0. The molecule has 0 unspecified atom stereocenters. The number of ether oxygens (including phenoxy) is 1. The summed E-state index contributed by atoms with van der Waals surface area (Å²) in [5.41, 5.74) is 1.13. The molecule has 0 spiro atoms. The van der Waals surface area contributed by atoms with E-state index in [1.54, 1.807) is 36.7 Å². The predicted molar refractivity (Wildman–Crippen MR) is 98.2 cm³/mol. The molecule has 4 rings (SSSR count). The zero-order valence-corrected chi connectivity index (χ0v) is 14.8. The molecule has 1 saturated carbocycles. The zero-order valence-electron chi connectivity index (χ0n) is 14.8. The van der Waals surface area contributed by atoms with Crippen LogP contribution < -0.4 is 10.1 Å². The molecule has 1 fully saturated rings. The van der Waals surface area contributed by atoms with Crippen LogP contribution in [-0.2, 0) is 11.2 Å². The zero-order chi connectivity index (χ0) is 18.5. The van der Waals surface area contributed by atoms with E-state index < -0.39 is 5.41 Å². The van der Waals surface area contributed by atoms with Gasteiger partial charge in [-0.25, -0.2) is 0 Å².